The molecular formula is C9H20N2. The number of nitrogens with zero attached hydrogens (tertiary/aromatic N) is 2. The molecule has 0 aliphatic carbocycles. The molecule has 1 saturated heterocycles. The summed E-state index contributed by atoms with van der Waals surface area (Å²) in [6.07, 6.45) is 0. The maximum absolute atomic E-state index is 2.55. The molecule has 0 radical (unpaired) electrons. The van der Waals surface area contributed by atoms with Gasteiger partial charge in [0.2, 0.25) is 0 Å². The maximum atomic E-state index is 2.55. The smallest absolute Gasteiger partial charge is 0.0195 e. The number of hydrogen-bond donors (Lipinski definition) is 0. The van der Waals surface area contributed by atoms with Gasteiger partial charge in [-0.05, 0) is 27.4 Å². The highest BCUT2D eigenvalue weighted by Gasteiger charge is 2.24. The Morgan fingerprint density at radius 2 is 1.82 bits per heavy atom. The summed E-state index contributed by atoms with van der Waals surface area (Å²) < 4.78 is 0. The first-order valence-electron chi connectivity index (χ1n) is 4.59. The summed E-state index contributed by atoms with van der Waals surface area (Å²) in [5.74, 6) is 0. The van der Waals surface area contributed by atoms with Crippen molar-refractivity contribution in [2.75, 3.05) is 26.7 Å². The van der Waals surface area contributed by atoms with Gasteiger partial charge in [-0.1, -0.05) is 6.92 Å². The van der Waals surface area contributed by atoms with Crippen molar-refractivity contribution in [2.45, 2.75) is 32.9 Å². The second-order valence-electron chi connectivity index (χ2n) is 3.73. The fourth-order valence-corrected chi connectivity index (χ4v) is 1.81. The Labute approximate surface area is 70.2 Å². The average Bonchev–Trinajstić information content (AvgIpc) is 1.97. The molecule has 66 valence electrons. The van der Waals surface area contributed by atoms with Crippen molar-refractivity contribution in [3.63, 3.8) is 0 Å². The predicted molar refractivity (Wildman–Crippen MR) is 48.8 cm³/mol. The summed E-state index contributed by atoms with van der Waals surface area (Å²) in [6, 6.07) is 1.47. The van der Waals surface area contributed by atoms with Crippen LogP contribution in [0.25, 0.3) is 0 Å². The first-order chi connectivity index (χ1) is 5.15. The van der Waals surface area contributed by atoms with Gasteiger partial charge < -0.3 is 4.90 Å². The van der Waals surface area contributed by atoms with Gasteiger partial charge in [0.1, 0.15) is 0 Å². The highest BCUT2D eigenvalue weighted by Crippen LogP contribution is 2.11. The second kappa shape index (κ2) is 3.55. The zero-order valence-electron chi connectivity index (χ0n) is 8.17. The Morgan fingerprint density at radius 3 is 2.36 bits per heavy atom. The Bertz CT molecular complexity index is 125. The van der Waals surface area contributed by atoms with E-state index in [-0.39, 0.29) is 0 Å². The fraction of sp³-hybridized carbons (Fsp3) is 1.00. The number of rotatable bonds is 1. The molecule has 0 spiro atoms. The molecule has 2 nitrogen and oxygen atoms in total. The second-order valence-corrected chi connectivity index (χ2v) is 3.73. The van der Waals surface area contributed by atoms with Crippen molar-refractivity contribution in [1.29, 1.82) is 0 Å². The van der Waals surface area contributed by atoms with Crippen LogP contribution in [0.3, 0.4) is 0 Å². The lowest BCUT2D eigenvalue weighted by Crippen LogP contribution is -2.54. The van der Waals surface area contributed by atoms with Crippen molar-refractivity contribution in [1.82, 2.24) is 9.80 Å². The van der Waals surface area contributed by atoms with Crippen LogP contribution < -0.4 is 0 Å². The van der Waals surface area contributed by atoms with E-state index in [4.69, 9.17) is 0 Å². The Hall–Kier alpha value is -0.0800. The molecular weight excluding hydrogens is 136 g/mol. The topological polar surface area (TPSA) is 6.48 Å². The summed E-state index contributed by atoms with van der Waals surface area (Å²) in [6.45, 7) is 10.5. The Morgan fingerprint density at radius 1 is 1.18 bits per heavy atom. The summed E-state index contributed by atoms with van der Waals surface area (Å²) in [5, 5.41) is 0. The van der Waals surface area contributed by atoms with Crippen LogP contribution in [0.15, 0.2) is 0 Å². The molecule has 1 heterocycles. The molecule has 0 bridgehead atoms. The Kier molecular flexibility index (Phi) is 2.90. The van der Waals surface area contributed by atoms with E-state index in [0.717, 1.165) is 12.1 Å². The molecule has 11 heavy (non-hydrogen) atoms. The van der Waals surface area contributed by atoms with Crippen molar-refractivity contribution in [2.24, 2.45) is 0 Å². The first kappa shape index (κ1) is 9.01. The summed E-state index contributed by atoms with van der Waals surface area (Å²) >= 11 is 0. The molecule has 0 unspecified atom stereocenters. The van der Waals surface area contributed by atoms with Crippen molar-refractivity contribution >= 4 is 0 Å². The number of hydrogen-bond acceptors (Lipinski definition) is 2. The number of likely N-dealkylation sites (N-methyl/N-ethyl adjacent to an activating group) is 2. The van der Waals surface area contributed by atoms with Crippen LogP contribution in [-0.2, 0) is 0 Å². The molecule has 0 aromatic rings. The van der Waals surface area contributed by atoms with E-state index in [9.17, 15) is 0 Å². The highest BCUT2D eigenvalue weighted by atomic mass is 15.3. The summed E-state index contributed by atoms with van der Waals surface area (Å²) in [7, 11) is 2.22. The standard InChI is InChI=1S/C9H20N2/c1-5-11-7-8(2)10(4)6-9(11)3/h8-9H,5-7H2,1-4H3/t8-,9-/m0/s1. The normalized spacial score (nSPS) is 36.0. The molecule has 0 saturated carbocycles. The van der Waals surface area contributed by atoms with Crippen LogP contribution in [0.1, 0.15) is 20.8 Å². The molecule has 1 rings (SSSR count). The average molecular weight is 156 g/mol. The van der Waals surface area contributed by atoms with Crippen molar-refractivity contribution in [3.05, 3.63) is 0 Å². The van der Waals surface area contributed by atoms with Crippen LogP contribution in [0.2, 0.25) is 0 Å². The van der Waals surface area contributed by atoms with Crippen molar-refractivity contribution < 1.29 is 0 Å². The van der Waals surface area contributed by atoms with Gasteiger partial charge >= 0.3 is 0 Å². The van der Waals surface area contributed by atoms with E-state index in [1.807, 2.05) is 0 Å². The minimum absolute atomic E-state index is 0.728. The van der Waals surface area contributed by atoms with Gasteiger partial charge in [-0.3, -0.25) is 4.90 Å². The van der Waals surface area contributed by atoms with Gasteiger partial charge in [-0.25, -0.2) is 0 Å². The molecule has 2 heteroatoms. The molecule has 0 aromatic heterocycles. The monoisotopic (exact) mass is 156 g/mol. The van der Waals surface area contributed by atoms with E-state index in [2.05, 4.69) is 37.6 Å². The lowest BCUT2D eigenvalue weighted by Gasteiger charge is -2.41. The molecule has 0 amide bonds. The lowest BCUT2D eigenvalue weighted by molar-refractivity contribution is 0.0643. The van der Waals surface area contributed by atoms with Crippen LogP contribution in [0, 0.1) is 0 Å². The molecule has 0 aromatic carbocycles. The molecule has 1 aliphatic rings. The highest BCUT2D eigenvalue weighted by molar-refractivity contribution is 4.81. The van der Waals surface area contributed by atoms with E-state index in [0.29, 0.717) is 0 Å². The summed E-state index contributed by atoms with van der Waals surface area (Å²) in [5.41, 5.74) is 0. The minimum atomic E-state index is 0.728. The van der Waals surface area contributed by atoms with Gasteiger partial charge in [-0.2, -0.15) is 0 Å². The van der Waals surface area contributed by atoms with Crippen LogP contribution in [0.5, 0.6) is 0 Å². The Balaban J connectivity index is 2.48. The molecule has 2 atom stereocenters. The minimum Gasteiger partial charge on any atom is -0.301 e. The predicted octanol–water partition coefficient (Wildman–Crippen LogP) is 1.03. The van der Waals surface area contributed by atoms with E-state index in [1.165, 1.54) is 19.6 Å². The third-order valence-electron chi connectivity index (χ3n) is 2.83. The largest absolute Gasteiger partial charge is 0.301 e. The van der Waals surface area contributed by atoms with Crippen molar-refractivity contribution in [3.8, 4) is 0 Å². The first-order valence-corrected chi connectivity index (χ1v) is 4.59. The summed E-state index contributed by atoms with van der Waals surface area (Å²) in [4.78, 5) is 4.99. The fourth-order valence-electron chi connectivity index (χ4n) is 1.81. The molecule has 0 N–H and O–H groups in total. The number of piperazine rings is 1. The quantitative estimate of drug-likeness (QED) is 0.559. The zero-order chi connectivity index (χ0) is 8.43. The third-order valence-corrected chi connectivity index (χ3v) is 2.83. The lowest BCUT2D eigenvalue weighted by atomic mass is 10.1. The molecule has 1 aliphatic heterocycles. The maximum Gasteiger partial charge on any atom is 0.0195 e. The van der Waals surface area contributed by atoms with Gasteiger partial charge in [0.15, 0.2) is 0 Å². The third kappa shape index (κ3) is 1.94. The van der Waals surface area contributed by atoms with Crippen LogP contribution >= 0.6 is 0 Å². The SMILES string of the molecule is CCN1C[C@H](C)N(C)C[C@@H]1C. The van der Waals surface area contributed by atoms with E-state index < -0.39 is 0 Å². The van der Waals surface area contributed by atoms with Crippen LogP contribution in [-0.4, -0.2) is 48.6 Å². The van der Waals surface area contributed by atoms with Gasteiger partial charge in [0.25, 0.3) is 0 Å². The van der Waals surface area contributed by atoms with Gasteiger partial charge in [0, 0.05) is 25.2 Å². The molecule has 1 fully saturated rings. The zero-order valence-corrected chi connectivity index (χ0v) is 8.17. The van der Waals surface area contributed by atoms with Crippen LogP contribution in [0.4, 0.5) is 0 Å². The van der Waals surface area contributed by atoms with Gasteiger partial charge in [0.05, 0.1) is 0 Å². The van der Waals surface area contributed by atoms with E-state index >= 15 is 0 Å². The van der Waals surface area contributed by atoms with E-state index in [1.54, 1.807) is 0 Å². The van der Waals surface area contributed by atoms with Gasteiger partial charge in [-0.15, -0.1) is 0 Å².